The Labute approximate surface area is 157 Å². The van der Waals surface area contributed by atoms with Gasteiger partial charge in [0.25, 0.3) is 0 Å². The smallest absolute Gasteiger partial charge is 0.220 e. The van der Waals surface area contributed by atoms with Gasteiger partial charge in [0.2, 0.25) is 5.91 Å². The molecule has 0 unspecified atom stereocenters. The number of rotatable bonds is 8. The lowest BCUT2D eigenvalue weighted by atomic mass is 10.1. The molecule has 0 bridgehead atoms. The van der Waals surface area contributed by atoms with Crippen LogP contribution in [0.25, 0.3) is 11.3 Å². The summed E-state index contributed by atoms with van der Waals surface area (Å²) in [6, 6.07) is 17.9. The minimum Gasteiger partial charge on any atom is -0.497 e. The first-order valence-corrected chi connectivity index (χ1v) is 9.52. The number of hydrogen-bond acceptors (Lipinski definition) is 4. The summed E-state index contributed by atoms with van der Waals surface area (Å²) < 4.78 is 5.18. The van der Waals surface area contributed by atoms with E-state index >= 15 is 0 Å². The average Bonchev–Trinajstić information content (AvgIpc) is 3.16. The predicted octanol–water partition coefficient (Wildman–Crippen LogP) is 4.11. The standard InChI is InChI=1S/C21H22N2O2S/c1-25-18-10-8-17(9-11-18)19-15-26-21(23-19)13-14-22-20(24)12-7-16-5-3-2-4-6-16/h2-6,8-11,15H,7,12-14H2,1H3,(H,22,24). The van der Waals surface area contributed by atoms with Gasteiger partial charge in [-0.1, -0.05) is 30.3 Å². The molecule has 26 heavy (non-hydrogen) atoms. The van der Waals surface area contributed by atoms with Crippen LogP contribution in [0.2, 0.25) is 0 Å². The average molecular weight is 366 g/mol. The zero-order valence-electron chi connectivity index (χ0n) is 14.8. The van der Waals surface area contributed by atoms with Crippen LogP contribution in [0.15, 0.2) is 60.0 Å². The quantitative estimate of drug-likeness (QED) is 0.653. The van der Waals surface area contributed by atoms with Gasteiger partial charge in [-0.25, -0.2) is 4.98 Å². The number of ether oxygens (including phenoxy) is 1. The largest absolute Gasteiger partial charge is 0.497 e. The van der Waals surface area contributed by atoms with Gasteiger partial charge in [-0.2, -0.15) is 0 Å². The zero-order chi connectivity index (χ0) is 18.2. The molecule has 5 heteroatoms. The first kappa shape index (κ1) is 18.1. The van der Waals surface area contributed by atoms with E-state index in [1.807, 2.05) is 60.0 Å². The van der Waals surface area contributed by atoms with Gasteiger partial charge in [-0.05, 0) is 36.2 Å². The third-order valence-corrected chi connectivity index (χ3v) is 4.99. The van der Waals surface area contributed by atoms with Crippen LogP contribution in [0.3, 0.4) is 0 Å². The van der Waals surface area contributed by atoms with Crippen LogP contribution in [0.1, 0.15) is 17.0 Å². The fourth-order valence-corrected chi connectivity index (χ4v) is 3.43. The maximum atomic E-state index is 12.0. The van der Waals surface area contributed by atoms with Gasteiger partial charge in [-0.15, -0.1) is 11.3 Å². The minimum absolute atomic E-state index is 0.0841. The van der Waals surface area contributed by atoms with E-state index in [0.717, 1.165) is 34.9 Å². The van der Waals surface area contributed by atoms with E-state index in [2.05, 4.69) is 10.3 Å². The van der Waals surface area contributed by atoms with Crippen molar-refractivity contribution in [3.05, 3.63) is 70.5 Å². The molecule has 1 heterocycles. The first-order valence-electron chi connectivity index (χ1n) is 8.64. The Morgan fingerprint density at radius 1 is 1.08 bits per heavy atom. The van der Waals surface area contributed by atoms with Gasteiger partial charge in [0.15, 0.2) is 0 Å². The number of hydrogen-bond donors (Lipinski definition) is 1. The highest BCUT2D eigenvalue weighted by Gasteiger charge is 2.06. The topological polar surface area (TPSA) is 51.2 Å². The Morgan fingerprint density at radius 2 is 1.85 bits per heavy atom. The number of nitrogens with zero attached hydrogens (tertiary/aromatic N) is 1. The molecule has 1 aromatic heterocycles. The van der Waals surface area contributed by atoms with E-state index in [4.69, 9.17) is 4.74 Å². The molecule has 0 aliphatic heterocycles. The van der Waals surface area contributed by atoms with Crippen LogP contribution in [-0.2, 0) is 17.6 Å². The number of aryl methyl sites for hydroxylation is 1. The molecule has 134 valence electrons. The molecule has 0 atom stereocenters. The normalized spacial score (nSPS) is 10.5. The third-order valence-electron chi connectivity index (χ3n) is 4.08. The van der Waals surface area contributed by atoms with Crippen molar-refractivity contribution < 1.29 is 9.53 Å². The molecule has 0 spiro atoms. The molecule has 2 aromatic carbocycles. The monoisotopic (exact) mass is 366 g/mol. The molecule has 0 aliphatic rings. The van der Waals surface area contributed by atoms with E-state index in [0.29, 0.717) is 13.0 Å². The van der Waals surface area contributed by atoms with Crippen LogP contribution in [0.4, 0.5) is 0 Å². The van der Waals surface area contributed by atoms with E-state index in [1.54, 1.807) is 18.4 Å². The van der Waals surface area contributed by atoms with Crippen molar-refractivity contribution in [2.24, 2.45) is 0 Å². The summed E-state index contributed by atoms with van der Waals surface area (Å²) in [7, 11) is 1.66. The molecule has 1 amide bonds. The molecule has 0 aliphatic carbocycles. The highest BCUT2D eigenvalue weighted by molar-refractivity contribution is 7.09. The van der Waals surface area contributed by atoms with Gasteiger partial charge in [0, 0.05) is 30.3 Å². The van der Waals surface area contributed by atoms with Crippen LogP contribution in [0, 0.1) is 0 Å². The zero-order valence-corrected chi connectivity index (χ0v) is 15.6. The molecule has 0 radical (unpaired) electrons. The van der Waals surface area contributed by atoms with E-state index in [-0.39, 0.29) is 5.91 Å². The summed E-state index contributed by atoms with van der Waals surface area (Å²) in [5.41, 5.74) is 3.22. The van der Waals surface area contributed by atoms with Gasteiger partial charge < -0.3 is 10.1 Å². The Hall–Kier alpha value is -2.66. The van der Waals surface area contributed by atoms with Crippen molar-refractivity contribution in [2.45, 2.75) is 19.3 Å². The van der Waals surface area contributed by atoms with Crippen molar-refractivity contribution in [3.63, 3.8) is 0 Å². The van der Waals surface area contributed by atoms with Crippen molar-refractivity contribution in [2.75, 3.05) is 13.7 Å². The Morgan fingerprint density at radius 3 is 2.58 bits per heavy atom. The maximum absolute atomic E-state index is 12.0. The Kier molecular flexibility index (Phi) is 6.39. The summed E-state index contributed by atoms with van der Waals surface area (Å²) in [6.45, 7) is 0.614. The predicted molar refractivity (Wildman–Crippen MR) is 106 cm³/mol. The number of thiazole rings is 1. The highest BCUT2D eigenvalue weighted by atomic mass is 32.1. The summed E-state index contributed by atoms with van der Waals surface area (Å²) in [4.78, 5) is 16.6. The van der Waals surface area contributed by atoms with E-state index < -0.39 is 0 Å². The summed E-state index contributed by atoms with van der Waals surface area (Å²) >= 11 is 1.62. The Balaban J connectivity index is 1.43. The van der Waals surface area contributed by atoms with Crippen LogP contribution < -0.4 is 10.1 Å². The molecule has 4 nitrogen and oxygen atoms in total. The molecule has 0 saturated heterocycles. The lowest BCUT2D eigenvalue weighted by Gasteiger charge is -2.04. The van der Waals surface area contributed by atoms with Crippen LogP contribution in [-0.4, -0.2) is 24.5 Å². The van der Waals surface area contributed by atoms with Gasteiger partial charge in [0.05, 0.1) is 17.8 Å². The maximum Gasteiger partial charge on any atom is 0.220 e. The Bertz CT molecular complexity index is 829. The number of carbonyl (C=O) groups excluding carboxylic acids is 1. The first-order chi connectivity index (χ1) is 12.7. The third kappa shape index (κ3) is 5.17. The number of benzene rings is 2. The lowest BCUT2D eigenvalue weighted by molar-refractivity contribution is -0.121. The lowest BCUT2D eigenvalue weighted by Crippen LogP contribution is -2.25. The van der Waals surface area contributed by atoms with E-state index in [9.17, 15) is 4.79 Å². The van der Waals surface area contributed by atoms with Gasteiger partial charge in [0.1, 0.15) is 5.75 Å². The van der Waals surface area contributed by atoms with E-state index in [1.165, 1.54) is 5.56 Å². The summed E-state index contributed by atoms with van der Waals surface area (Å²) in [5.74, 6) is 0.920. The second-order valence-corrected chi connectivity index (χ2v) is 6.88. The van der Waals surface area contributed by atoms with Crippen molar-refractivity contribution >= 4 is 17.2 Å². The molecule has 1 N–H and O–H groups in total. The fraction of sp³-hybridized carbons (Fsp3) is 0.238. The number of methoxy groups -OCH3 is 1. The van der Waals surface area contributed by atoms with Crippen molar-refractivity contribution in [1.29, 1.82) is 0 Å². The molecular formula is C21H22N2O2S. The number of aromatic nitrogens is 1. The van der Waals surface area contributed by atoms with Crippen molar-refractivity contribution in [1.82, 2.24) is 10.3 Å². The molecule has 0 saturated carbocycles. The van der Waals surface area contributed by atoms with Gasteiger partial charge in [-0.3, -0.25) is 4.79 Å². The SMILES string of the molecule is COc1ccc(-c2csc(CCNC(=O)CCc3ccccc3)n2)cc1. The summed E-state index contributed by atoms with van der Waals surface area (Å²) in [6.07, 6.45) is 2.03. The van der Waals surface area contributed by atoms with Crippen LogP contribution >= 0.6 is 11.3 Å². The fourth-order valence-electron chi connectivity index (χ4n) is 2.62. The van der Waals surface area contributed by atoms with Crippen molar-refractivity contribution in [3.8, 4) is 17.0 Å². The summed E-state index contributed by atoms with van der Waals surface area (Å²) in [5, 5.41) is 6.05. The second kappa shape index (κ2) is 9.15. The molecule has 3 rings (SSSR count). The number of nitrogens with one attached hydrogen (secondary N) is 1. The second-order valence-electron chi connectivity index (χ2n) is 5.94. The van der Waals surface area contributed by atoms with Crippen LogP contribution in [0.5, 0.6) is 5.75 Å². The number of amides is 1. The molecule has 3 aromatic rings. The molecular weight excluding hydrogens is 344 g/mol. The molecule has 0 fully saturated rings. The van der Waals surface area contributed by atoms with Gasteiger partial charge >= 0.3 is 0 Å². The highest BCUT2D eigenvalue weighted by Crippen LogP contribution is 2.24. The minimum atomic E-state index is 0.0841. The number of carbonyl (C=O) groups is 1.